The van der Waals surface area contributed by atoms with Crippen molar-refractivity contribution in [3.63, 3.8) is 0 Å². The Balaban J connectivity index is 2.42. The van der Waals surface area contributed by atoms with Crippen LogP contribution in [0.3, 0.4) is 0 Å². The van der Waals surface area contributed by atoms with Gasteiger partial charge in [-0.25, -0.2) is 4.79 Å². The van der Waals surface area contributed by atoms with Crippen molar-refractivity contribution < 1.29 is 19.1 Å². The lowest BCUT2D eigenvalue weighted by atomic mass is 9.99. The van der Waals surface area contributed by atoms with Crippen molar-refractivity contribution in [1.82, 2.24) is 4.90 Å². The summed E-state index contributed by atoms with van der Waals surface area (Å²) in [4.78, 5) is 25.2. The molecule has 0 aliphatic carbocycles. The Hall–Kier alpha value is -1.26. The van der Waals surface area contributed by atoms with Gasteiger partial charge in [-0.15, -0.1) is 0 Å². The van der Waals surface area contributed by atoms with Crippen molar-refractivity contribution in [3.05, 3.63) is 0 Å². The summed E-state index contributed by atoms with van der Waals surface area (Å²) in [5.41, 5.74) is -0.478. The maximum absolute atomic E-state index is 12.0. The van der Waals surface area contributed by atoms with Crippen LogP contribution in [0.1, 0.15) is 47.5 Å². The number of amides is 1. The van der Waals surface area contributed by atoms with E-state index in [4.69, 9.17) is 9.47 Å². The fraction of sp³-hybridized carbons (Fsp3) is 0.867. The van der Waals surface area contributed by atoms with Crippen molar-refractivity contribution in [2.24, 2.45) is 11.8 Å². The summed E-state index contributed by atoms with van der Waals surface area (Å²) >= 11 is 0. The van der Waals surface area contributed by atoms with Crippen LogP contribution in [0, 0.1) is 11.8 Å². The number of hydrogen-bond donors (Lipinski definition) is 0. The molecular weight excluding hydrogens is 258 g/mol. The van der Waals surface area contributed by atoms with Gasteiger partial charge in [0.25, 0.3) is 0 Å². The Bertz CT molecular complexity index is 346. The second-order valence-electron chi connectivity index (χ2n) is 6.72. The Morgan fingerprint density at radius 1 is 1.30 bits per heavy atom. The lowest BCUT2D eigenvalue weighted by Crippen LogP contribution is -2.44. The van der Waals surface area contributed by atoms with Gasteiger partial charge in [0, 0.05) is 19.0 Å². The van der Waals surface area contributed by atoms with E-state index in [1.54, 1.807) is 4.90 Å². The zero-order valence-electron chi connectivity index (χ0n) is 13.3. The fourth-order valence-corrected chi connectivity index (χ4v) is 2.06. The topological polar surface area (TPSA) is 55.8 Å². The first-order valence-electron chi connectivity index (χ1n) is 7.33. The molecule has 0 saturated carbocycles. The van der Waals surface area contributed by atoms with E-state index in [-0.39, 0.29) is 23.9 Å². The summed E-state index contributed by atoms with van der Waals surface area (Å²) < 4.78 is 10.6. The summed E-state index contributed by atoms with van der Waals surface area (Å²) in [6.45, 7) is 10.9. The van der Waals surface area contributed by atoms with E-state index in [0.717, 1.165) is 12.8 Å². The predicted octanol–water partition coefficient (Wildman–Crippen LogP) is 2.83. The minimum Gasteiger partial charge on any atom is -0.465 e. The molecular formula is C15H27NO4. The monoisotopic (exact) mass is 285 g/mol. The van der Waals surface area contributed by atoms with Crippen LogP contribution < -0.4 is 0 Å². The Morgan fingerprint density at radius 2 is 1.95 bits per heavy atom. The number of rotatable bonds is 3. The highest BCUT2D eigenvalue weighted by atomic mass is 16.6. The van der Waals surface area contributed by atoms with Gasteiger partial charge in [0.15, 0.2) is 0 Å². The molecule has 20 heavy (non-hydrogen) atoms. The van der Waals surface area contributed by atoms with Gasteiger partial charge in [0.1, 0.15) is 5.60 Å². The normalized spacial score (nSPS) is 19.9. The average molecular weight is 285 g/mol. The largest absolute Gasteiger partial charge is 0.465 e. The third-order valence-electron chi connectivity index (χ3n) is 3.10. The summed E-state index contributed by atoms with van der Waals surface area (Å²) in [6, 6.07) is 0. The highest BCUT2D eigenvalue weighted by Crippen LogP contribution is 2.20. The summed E-state index contributed by atoms with van der Waals surface area (Å²) in [5, 5.41) is 0. The first-order chi connectivity index (χ1) is 9.19. The van der Waals surface area contributed by atoms with Crippen LogP contribution in [-0.2, 0) is 14.3 Å². The number of nitrogens with zero attached hydrogens (tertiary/aromatic N) is 1. The summed E-state index contributed by atoms with van der Waals surface area (Å²) in [5.74, 6) is -0.0843. The van der Waals surface area contributed by atoms with Crippen molar-refractivity contribution >= 4 is 12.1 Å². The second kappa shape index (κ2) is 6.95. The minimum absolute atomic E-state index is 0.111. The first kappa shape index (κ1) is 16.8. The predicted molar refractivity (Wildman–Crippen MR) is 76.3 cm³/mol. The zero-order valence-corrected chi connectivity index (χ0v) is 13.3. The molecule has 1 rings (SSSR count). The number of hydrogen-bond acceptors (Lipinski definition) is 4. The maximum Gasteiger partial charge on any atom is 0.410 e. The lowest BCUT2D eigenvalue weighted by molar-refractivity contribution is -0.149. The molecule has 0 bridgehead atoms. The third-order valence-corrected chi connectivity index (χ3v) is 3.10. The van der Waals surface area contributed by atoms with Gasteiger partial charge < -0.3 is 14.4 Å². The van der Waals surface area contributed by atoms with Gasteiger partial charge in [-0.05, 0) is 33.6 Å². The molecule has 0 spiro atoms. The van der Waals surface area contributed by atoms with Gasteiger partial charge in [-0.1, -0.05) is 13.8 Å². The number of likely N-dealkylation sites (tertiary alicyclic amines) is 1. The molecule has 1 aliphatic heterocycles. The number of esters is 1. The lowest BCUT2D eigenvalue weighted by Gasteiger charge is -2.33. The van der Waals surface area contributed by atoms with Crippen molar-refractivity contribution in [3.8, 4) is 0 Å². The van der Waals surface area contributed by atoms with Crippen molar-refractivity contribution in [1.29, 1.82) is 0 Å². The number of piperidine rings is 1. The Labute approximate surface area is 121 Å². The molecule has 0 aromatic heterocycles. The second-order valence-corrected chi connectivity index (χ2v) is 6.72. The molecule has 1 atom stereocenters. The molecule has 116 valence electrons. The van der Waals surface area contributed by atoms with Crippen LogP contribution in [0.4, 0.5) is 4.79 Å². The molecule has 1 aliphatic rings. The highest BCUT2D eigenvalue weighted by Gasteiger charge is 2.28. The molecule has 1 amide bonds. The molecule has 0 aromatic rings. The van der Waals surface area contributed by atoms with E-state index in [1.165, 1.54) is 0 Å². The van der Waals surface area contributed by atoms with Crippen LogP contribution in [-0.4, -0.2) is 42.3 Å². The quantitative estimate of drug-likeness (QED) is 0.748. The SMILES string of the molecule is CC(C)C(=O)OC[C@H]1CCCN(C(=O)OC(C)(C)C)C1. The Morgan fingerprint density at radius 3 is 2.50 bits per heavy atom. The van der Waals surface area contributed by atoms with Gasteiger partial charge in [-0.2, -0.15) is 0 Å². The van der Waals surface area contributed by atoms with Gasteiger partial charge in [-0.3, -0.25) is 4.79 Å². The standard InChI is InChI=1S/C15H27NO4/c1-11(2)13(17)19-10-12-7-6-8-16(9-12)14(18)20-15(3,4)5/h11-12H,6-10H2,1-5H3/t12-/m0/s1. The van der Waals surface area contributed by atoms with E-state index in [9.17, 15) is 9.59 Å². The van der Waals surface area contributed by atoms with Crippen molar-refractivity contribution in [2.75, 3.05) is 19.7 Å². The van der Waals surface area contributed by atoms with Crippen LogP contribution >= 0.6 is 0 Å². The number of ether oxygens (including phenoxy) is 2. The highest BCUT2D eigenvalue weighted by molar-refractivity contribution is 5.71. The van der Waals surface area contributed by atoms with Gasteiger partial charge >= 0.3 is 12.1 Å². The number of carbonyl (C=O) groups is 2. The van der Waals surface area contributed by atoms with Crippen LogP contribution in [0.15, 0.2) is 0 Å². The number of carbonyl (C=O) groups excluding carboxylic acids is 2. The Kier molecular flexibility index (Phi) is 5.84. The van der Waals surface area contributed by atoms with E-state index in [0.29, 0.717) is 19.7 Å². The molecule has 5 heteroatoms. The molecule has 0 unspecified atom stereocenters. The van der Waals surface area contributed by atoms with Crippen LogP contribution in [0.25, 0.3) is 0 Å². The molecule has 1 saturated heterocycles. The molecule has 1 heterocycles. The molecule has 5 nitrogen and oxygen atoms in total. The van der Waals surface area contributed by atoms with E-state index < -0.39 is 5.60 Å². The van der Waals surface area contributed by atoms with E-state index in [2.05, 4.69) is 0 Å². The first-order valence-corrected chi connectivity index (χ1v) is 7.33. The third kappa shape index (κ3) is 5.80. The van der Waals surface area contributed by atoms with Crippen molar-refractivity contribution in [2.45, 2.75) is 53.1 Å². The maximum atomic E-state index is 12.0. The summed E-state index contributed by atoms with van der Waals surface area (Å²) in [6.07, 6.45) is 1.62. The molecule has 0 radical (unpaired) electrons. The molecule has 1 fully saturated rings. The average Bonchev–Trinajstić information content (AvgIpc) is 2.34. The molecule has 0 aromatic carbocycles. The van der Waals surface area contributed by atoms with Gasteiger partial charge in [0.05, 0.1) is 12.5 Å². The minimum atomic E-state index is -0.478. The van der Waals surface area contributed by atoms with E-state index in [1.807, 2.05) is 34.6 Å². The zero-order chi connectivity index (χ0) is 15.3. The fourth-order valence-electron chi connectivity index (χ4n) is 2.06. The smallest absolute Gasteiger partial charge is 0.410 e. The summed E-state index contributed by atoms with van der Waals surface area (Å²) in [7, 11) is 0. The van der Waals surface area contributed by atoms with Gasteiger partial charge in [0.2, 0.25) is 0 Å². The van der Waals surface area contributed by atoms with Crippen LogP contribution in [0.2, 0.25) is 0 Å². The van der Waals surface area contributed by atoms with E-state index >= 15 is 0 Å². The molecule has 0 N–H and O–H groups in total. The van der Waals surface area contributed by atoms with Crippen LogP contribution in [0.5, 0.6) is 0 Å².